The number of nitrogens with one attached hydrogen (secondary N) is 1. The molecule has 1 aromatic heterocycles. The molecule has 0 amide bonds. The normalized spacial score (nSPS) is 20.5. The highest BCUT2D eigenvalue weighted by Crippen LogP contribution is 2.35. The first kappa shape index (κ1) is 21.2. The van der Waals surface area contributed by atoms with Crippen LogP contribution in [0.4, 0.5) is 0 Å². The number of carbonyl (C=O) groups is 1. The standard InChI is InChI=1S/C27H33N3O2/c1-29-17-16-22-21-14-8-9-15-23(21)28-25(22)24(29)18-30(2)26(19-10-4-3-5-11-19)27(31)32-20-12-6-7-13-20/h3-5,8-11,14-15,20,24,26,28H,6-7,12-13,16-18H2,1-2H3/t24?,26-/m0/s1. The molecule has 1 aliphatic heterocycles. The number of H-pyrrole nitrogens is 1. The summed E-state index contributed by atoms with van der Waals surface area (Å²) in [6.07, 6.45) is 5.39. The van der Waals surface area contributed by atoms with E-state index >= 15 is 0 Å². The number of esters is 1. The Hall–Kier alpha value is -2.63. The van der Waals surface area contributed by atoms with Crippen LogP contribution in [0.1, 0.15) is 54.6 Å². The summed E-state index contributed by atoms with van der Waals surface area (Å²) in [5.74, 6) is -0.124. The number of hydrogen-bond acceptors (Lipinski definition) is 4. The molecule has 1 fully saturated rings. The van der Waals surface area contributed by atoms with Gasteiger partial charge in [-0.15, -0.1) is 0 Å². The predicted molar refractivity (Wildman–Crippen MR) is 128 cm³/mol. The lowest BCUT2D eigenvalue weighted by Crippen LogP contribution is -2.42. The van der Waals surface area contributed by atoms with Crippen LogP contribution < -0.4 is 0 Å². The van der Waals surface area contributed by atoms with Crippen molar-refractivity contribution in [2.75, 3.05) is 27.2 Å². The highest BCUT2D eigenvalue weighted by Gasteiger charge is 2.34. The van der Waals surface area contributed by atoms with Gasteiger partial charge in [-0.1, -0.05) is 48.5 Å². The molecule has 1 unspecified atom stereocenters. The molecule has 2 atom stereocenters. The van der Waals surface area contributed by atoms with E-state index < -0.39 is 6.04 Å². The van der Waals surface area contributed by atoms with Crippen molar-refractivity contribution in [3.63, 3.8) is 0 Å². The summed E-state index contributed by atoms with van der Waals surface area (Å²) < 4.78 is 5.98. The van der Waals surface area contributed by atoms with Crippen molar-refractivity contribution in [2.45, 2.75) is 50.3 Å². The third-order valence-electron chi connectivity index (χ3n) is 7.25. The van der Waals surface area contributed by atoms with Crippen LogP contribution in [0.25, 0.3) is 10.9 Å². The van der Waals surface area contributed by atoms with E-state index in [0.717, 1.165) is 50.8 Å². The molecule has 0 radical (unpaired) electrons. The smallest absolute Gasteiger partial charge is 0.328 e. The van der Waals surface area contributed by atoms with E-state index in [-0.39, 0.29) is 18.1 Å². The summed E-state index contributed by atoms with van der Waals surface area (Å²) in [4.78, 5) is 21.6. The van der Waals surface area contributed by atoms with Crippen molar-refractivity contribution in [3.8, 4) is 0 Å². The summed E-state index contributed by atoms with van der Waals surface area (Å²) in [6, 6.07) is 18.4. The molecule has 0 saturated heterocycles. The Morgan fingerprint density at radius 2 is 1.84 bits per heavy atom. The molecule has 0 spiro atoms. The van der Waals surface area contributed by atoms with Crippen LogP contribution >= 0.6 is 0 Å². The van der Waals surface area contributed by atoms with Crippen molar-refractivity contribution in [3.05, 3.63) is 71.4 Å². The molecule has 5 heteroatoms. The predicted octanol–water partition coefficient (Wildman–Crippen LogP) is 4.86. The minimum atomic E-state index is -0.403. The second kappa shape index (κ2) is 9.08. The molecule has 0 bridgehead atoms. The number of likely N-dealkylation sites (N-methyl/N-ethyl adjacent to an activating group) is 2. The first-order chi connectivity index (χ1) is 15.6. The third-order valence-corrected chi connectivity index (χ3v) is 7.25. The fourth-order valence-corrected chi connectivity index (χ4v) is 5.49. The lowest BCUT2D eigenvalue weighted by molar-refractivity contribution is -0.155. The minimum absolute atomic E-state index is 0.0692. The van der Waals surface area contributed by atoms with Crippen LogP contribution in [0, 0.1) is 0 Å². The van der Waals surface area contributed by atoms with Crippen molar-refractivity contribution in [2.24, 2.45) is 0 Å². The molecule has 168 valence electrons. The van der Waals surface area contributed by atoms with E-state index in [0.29, 0.717) is 0 Å². The topological polar surface area (TPSA) is 48.6 Å². The van der Waals surface area contributed by atoms with Gasteiger partial charge in [-0.05, 0) is 63.4 Å². The molecular formula is C27H33N3O2. The number of fused-ring (bicyclic) bond motifs is 3. The fraction of sp³-hybridized carbons (Fsp3) is 0.444. The Balaban J connectivity index is 1.43. The molecule has 2 heterocycles. The number of aromatic nitrogens is 1. The van der Waals surface area contributed by atoms with Gasteiger partial charge in [0, 0.05) is 29.7 Å². The molecule has 1 aliphatic carbocycles. The van der Waals surface area contributed by atoms with Gasteiger partial charge in [0.2, 0.25) is 0 Å². The highest BCUT2D eigenvalue weighted by molar-refractivity contribution is 5.85. The van der Waals surface area contributed by atoms with Crippen LogP contribution in [0.15, 0.2) is 54.6 Å². The lowest BCUT2D eigenvalue weighted by Gasteiger charge is -2.37. The van der Waals surface area contributed by atoms with Crippen LogP contribution in [0.5, 0.6) is 0 Å². The van der Waals surface area contributed by atoms with Gasteiger partial charge in [-0.25, -0.2) is 4.79 Å². The van der Waals surface area contributed by atoms with Gasteiger partial charge >= 0.3 is 5.97 Å². The Kier molecular flexibility index (Phi) is 6.03. The maximum Gasteiger partial charge on any atom is 0.328 e. The van der Waals surface area contributed by atoms with Crippen molar-refractivity contribution >= 4 is 16.9 Å². The molecule has 32 heavy (non-hydrogen) atoms. The van der Waals surface area contributed by atoms with Gasteiger partial charge in [0.15, 0.2) is 0 Å². The van der Waals surface area contributed by atoms with Gasteiger partial charge in [0.05, 0.1) is 6.04 Å². The Morgan fingerprint density at radius 1 is 1.12 bits per heavy atom. The monoisotopic (exact) mass is 431 g/mol. The summed E-state index contributed by atoms with van der Waals surface area (Å²) in [5.41, 5.74) is 4.89. The molecule has 2 aliphatic rings. The fourth-order valence-electron chi connectivity index (χ4n) is 5.49. The van der Waals surface area contributed by atoms with E-state index in [1.165, 1.54) is 22.2 Å². The van der Waals surface area contributed by atoms with Crippen LogP contribution in [-0.4, -0.2) is 54.0 Å². The van der Waals surface area contributed by atoms with E-state index in [1.54, 1.807) is 0 Å². The lowest BCUT2D eigenvalue weighted by atomic mass is 9.96. The van der Waals surface area contributed by atoms with E-state index in [1.807, 2.05) is 30.3 Å². The number of benzene rings is 2. The van der Waals surface area contributed by atoms with Crippen molar-refractivity contribution < 1.29 is 9.53 Å². The zero-order valence-electron chi connectivity index (χ0n) is 19.1. The molecule has 5 nitrogen and oxygen atoms in total. The molecule has 1 N–H and O–H groups in total. The van der Waals surface area contributed by atoms with Gasteiger partial charge < -0.3 is 9.72 Å². The van der Waals surface area contributed by atoms with Gasteiger partial charge in [-0.2, -0.15) is 0 Å². The molecular weight excluding hydrogens is 398 g/mol. The number of ether oxygens (including phenoxy) is 1. The maximum atomic E-state index is 13.4. The SMILES string of the molecule is CN1CCc2c([nH]c3ccccc23)C1CN(C)[C@H](C(=O)OC1CCCC1)c1ccccc1. The minimum Gasteiger partial charge on any atom is -0.461 e. The van der Waals surface area contributed by atoms with Crippen LogP contribution in [0.3, 0.4) is 0 Å². The average molecular weight is 432 g/mol. The number of hydrogen-bond donors (Lipinski definition) is 1. The summed E-state index contributed by atoms with van der Waals surface area (Å²) in [6.45, 7) is 1.76. The molecule has 2 aromatic carbocycles. The third kappa shape index (κ3) is 4.07. The van der Waals surface area contributed by atoms with E-state index in [4.69, 9.17) is 4.74 Å². The zero-order valence-corrected chi connectivity index (χ0v) is 19.1. The van der Waals surface area contributed by atoms with E-state index in [2.05, 4.69) is 53.1 Å². The van der Waals surface area contributed by atoms with Crippen molar-refractivity contribution in [1.82, 2.24) is 14.8 Å². The largest absolute Gasteiger partial charge is 0.461 e. The Bertz CT molecular complexity index is 1070. The number of nitrogens with zero attached hydrogens (tertiary/aromatic N) is 2. The maximum absolute atomic E-state index is 13.4. The van der Waals surface area contributed by atoms with Crippen LogP contribution in [0.2, 0.25) is 0 Å². The zero-order chi connectivity index (χ0) is 22.1. The van der Waals surface area contributed by atoms with E-state index in [9.17, 15) is 4.79 Å². The van der Waals surface area contributed by atoms with Crippen molar-refractivity contribution in [1.29, 1.82) is 0 Å². The molecule has 3 aromatic rings. The summed E-state index contributed by atoms with van der Waals surface area (Å²) >= 11 is 0. The number of rotatable bonds is 6. The first-order valence-corrected chi connectivity index (χ1v) is 11.9. The van der Waals surface area contributed by atoms with Gasteiger partial charge in [0.1, 0.15) is 12.1 Å². The number of carbonyl (C=O) groups excluding carboxylic acids is 1. The molecule has 1 saturated carbocycles. The second-order valence-corrected chi connectivity index (χ2v) is 9.41. The average Bonchev–Trinajstić information content (AvgIpc) is 3.44. The summed E-state index contributed by atoms with van der Waals surface area (Å²) in [5, 5.41) is 1.32. The second-order valence-electron chi connectivity index (χ2n) is 9.41. The quantitative estimate of drug-likeness (QED) is 0.567. The number of aromatic amines is 1. The van der Waals surface area contributed by atoms with Gasteiger partial charge in [-0.3, -0.25) is 9.80 Å². The Labute approximate surface area is 190 Å². The Morgan fingerprint density at radius 3 is 2.62 bits per heavy atom. The van der Waals surface area contributed by atoms with Gasteiger partial charge in [0.25, 0.3) is 0 Å². The summed E-state index contributed by atoms with van der Waals surface area (Å²) in [7, 11) is 4.24. The number of para-hydroxylation sites is 1. The van der Waals surface area contributed by atoms with Crippen LogP contribution in [-0.2, 0) is 16.0 Å². The highest BCUT2D eigenvalue weighted by atomic mass is 16.5. The molecule has 5 rings (SSSR count). The first-order valence-electron chi connectivity index (χ1n) is 11.9.